The molecule has 110 valence electrons. The van der Waals surface area contributed by atoms with Crippen LogP contribution in [0.5, 0.6) is 5.75 Å². The van der Waals surface area contributed by atoms with E-state index in [2.05, 4.69) is 0 Å². The zero-order valence-corrected chi connectivity index (χ0v) is 11.3. The molecule has 0 radical (unpaired) electrons. The van der Waals surface area contributed by atoms with Gasteiger partial charge in [-0.15, -0.1) is 12.4 Å². The average Bonchev–Trinajstić information content (AvgIpc) is 2.37. The maximum atomic E-state index is 10.9. The summed E-state index contributed by atoms with van der Waals surface area (Å²) in [6, 6.07) is 4.23. The van der Waals surface area contributed by atoms with Crippen molar-refractivity contribution in [1.29, 1.82) is 0 Å². The van der Waals surface area contributed by atoms with E-state index in [4.69, 9.17) is 9.84 Å². The maximum Gasteiger partial charge on any atom is 0.321 e. The number of carboxylic acids is 1. The van der Waals surface area contributed by atoms with Crippen LogP contribution >= 0.6 is 12.4 Å². The van der Waals surface area contributed by atoms with Crippen LogP contribution in [0.1, 0.15) is 29.6 Å². The van der Waals surface area contributed by atoms with E-state index in [1.807, 2.05) is 0 Å². The number of carbonyl (C=O) groups excluding carboxylic acids is 1. The number of nitrogens with zero attached hydrogens (tertiary/aromatic N) is 1. The van der Waals surface area contributed by atoms with Crippen molar-refractivity contribution in [2.24, 2.45) is 0 Å². The van der Waals surface area contributed by atoms with Crippen LogP contribution in [0.15, 0.2) is 18.2 Å². The third-order valence-electron chi connectivity index (χ3n) is 2.38. The second-order valence-electron chi connectivity index (χ2n) is 3.77. The first kappa shape index (κ1) is 17.8. The molecule has 1 aromatic rings. The van der Waals surface area contributed by atoms with Crippen LogP contribution < -0.4 is 4.74 Å². The number of ether oxygens (including phenoxy) is 1. The number of nitro benzene ring substituents is 1. The zero-order valence-electron chi connectivity index (χ0n) is 10.5. The van der Waals surface area contributed by atoms with Crippen molar-refractivity contribution >= 4 is 30.3 Å². The minimum absolute atomic E-state index is 0. The Bertz CT molecular complexity index is 491. The summed E-state index contributed by atoms with van der Waals surface area (Å²) in [5.41, 5.74) is -0.413. The van der Waals surface area contributed by atoms with Crippen LogP contribution in [0.25, 0.3) is 0 Å². The van der Waals surface area contributed by atoms with Crippen molar-refractivity contribution in [3.63, 3.8) is 0 Å². The molecular formula is C12H14ClNO6. The molecule has 0 aliphatic rings. The highest BCUT2D eigenvalue weighted by Gasteiger charge is 2.20. The van der Waals surface area contributed by atoms with Gasteiger partial charge in [0, 0.05) is 6.42 Å². The van der Waals surface area contributed by atoms with Crippen LogP contribution in [0.4, 0.5) is 5.69 Å². The topological polar surface area (TPSA) is 107 Å². The van der Waals surface area contributed by atoms with Gasteiger partial charge in [0.25, 0.3) is 0 Å². The van der Waals surface area contributed by atoms with Crippen molar-refractivity contribution in [2.75, 3.05) is 6.61 Å². The molecule has 0 amide bonds. The molecule has 0 fully saturated rings. The van der Waals surface area contributed by atoms with E-state index in [1.54, 1.807) is 0 Å². The van der Waals surface area contributed by atoms with Gasteiger partial charge in [0.1, 0.15) is 0 Å². The van der Waals surface area contributed by atoms with Gasteiger partial charge >= 0.3 is 11.7 Å². The fourth-order valence-electron chi connectivity index (χ4n) is 1.51. The van der Waals surface area contributed by atoms with Gasteiger partial charge < -0.3 is 9.84 Å². The third-order valence-corrected chi connectivity index (χ3v) is 2.38. The average molecular weight is 304 g/mol. The summed E-state index contributed by atoms with van der Waals surface area (Å²) >= 11 is 0. The molecule has 1 aromatic carbocycles. The lowest BCUT2D eigenvalue weighted by atomic mass is 10.2. The number of nitro groups is 1. The van der Waals surface area contributed by atoms with Gasteiger partial charge in [0.15, 0.2) is 12.0 Å². The van der Waals surface area contributed by atoms with Gasteiger partial charge in [-0.05, 0) is 25.0 Å². The van der Waals surface area contributed by atoms with E-state index < -0.39 is 10.9 Å². The number of benzene rings is 1. The molecule has 7 nitrogen and oxygen atoms in total. The molecule has 0 bridgehead atoms. The molecular weight excluding hydrogens is 290 g/mol. The number of carboxylic acid groups (broad SMARTS) is 1. The molecule has 0 saturated carbocycles. The highest BCUT2D eigenvalue weighted by Crippen LogP contribution is 2.29. The lowest BCUT2D eigenvalue weighted by molar-refractivity contribution is -0.386. The normalized spacial score (nSPS) is 9.40. The van der Waals surface area contributed by atoms with Crippen LogP contribution in [0.3, 0.4) is 0 Å². The van der Waals surface area contributed by atoms with Gasteiger partial charge in [-0.1, -0.05) is 6.07 Å². The van der Waals surface area contributed by atoms with Gasteiger partial charge in [-0.3, -0.25) is 19.7 Å². The summed E-state index contributed by atoms with van der Waals surface area (Å²) in [5, 5.41) is 19.3. The van der Waals surface area contributed by atoms with Gasteiger partial charge in [-0.25, -0.2) is 0 Å². The Kier molecular flexibility index (Phi) is 7.91. The largest absolute Gasteiger partial charge is 0.487 e. The Hall–Kier alpha value is -2.15. The molecule has 20 heavy (non-hydrogen) atoms. The fourth-order valence-corrected chi connectivity index (χ4v) is 1.51. The van der Waals surface area contributed by atoms with Gasteiger partial charge in [-0.2, -0.15) is 0 Å². The lowest BCUT2D eigenvalue weighted by Crippen LogP contribution is -2.04. The number of hydrogen-bond donors (Lipinski definition) is 1. The van der Waals surface area contributed by atoms with Gasteiger partial charge in [0.2, 0.25) is 0 Å². The molecule has 0 aromatic heterocycles. The predicted molar refractivity (Wildman–Crippen MR) is 72.7 cm³/mol. The number of halogens is 1. The fraction of sp³-hybridized carbons (Fsp3) is 0.333. The van der Waals surface area contributed by atoms with E-state index in [9.17, 15) is 19.7 Å². The van der Waals surface area contributed by atoms with E-state index >= 15 is 0 Å². The molecule has 0 spiro atoms. The number of carbonyl (C=O) groups is 2. The summed E-state index contributed by atoms with van der Waals surface area (Å²) in [4.78, 5) is 31.2. The van der Waals surface area contributed by atoms with Crippen molar-refractivity contribution in [2.45, 2.75) is 19.3 Å². The van der Waals surface area contributed by atoms with Gasteiger partial charge in [0.05, 0.1) is 17.1 Å². The first-order chi connectivity index (χ1) is 9.06. The number of unbranched alkanes of at least 4 members (excludes halogenated alkanes) is 1. The van der Waals surface area contributed by atoms with Crippen LogP contribution in [-0.2, 0) is 4.79 Å². The second kappa shape index (κ2) is 8.87. The maximum absolute atomic E-state index is 10.9. The Morgan fingerprint density at radius 3 is 2.65 bits per heavy atom. The number of para-hydroxylation sites is 1. The number of rotatable bonds is 8. The molecule has 0 saturated heterocycles. The highest BCUT2D eigenvalue weighted by molar-refractivity contribution is 5.85. The molecule has 0 aliphatic carbocycles. The summed E-state index contributed by atoms with van der Waals surface area (Å²) in [6.45, 7) is 0.163. The number of hydrogen-bond acceptors (Lipinski definition) is 5. The van der Waals surface area contributed by atoms with Crippen LogP contribution in [-0.4, -0.2) is 28.9 Å². The zero-order chi connectivity index (χ0) is 14.3. The summed E-state index contributed by atoms with van der Waals surface area (Å²) in [6.07, 6.45) is 1.32. The van der Waals surface area contributed by atoms with Crippen molar-refractivity contribution in [3.8, 4) is 5.75 Å². The minimum atomic E-state index is -0.895. The van der Waals surface area contributed by atoms with E-state index in [-0.39, 0.29) is 42.4 Å². The van der Waals surface area contributed by atoms with Crippen LogP contribution in [0, 0.1) is 10.1 Å². The van der Waals surface area contributed by atoms with E-state index in [0.717, 1.165) is 0 Å². The monoisotopic (exact) mass is 303 g/mol. The molecule has 0 aliphatic heterocycles. The number of aliphatic carboxylic acids is 1. The second-order valence-corrected chi connectivity index (χ2v) is 3.77. The quantitative estimate of drug-likeness (QED) is 0.342. The molecule has 0 unspecified atom stereocenters. The van der Waals surface area contributed by atoms with Crippen LogP contribution in [0.2, 0.25) is 0 Å². The van der Waals surface area contributed by atoms with Crippen molar-refractivity contribution in [3.05, 3.63) is 33.9 Å². The van der Waals surface area contributed by atoms with Crippen molar-refractivity contribution in [1.82, 2.24) is 0 Å². The minimum Gasteiger partial charge on any atom is -0.487 e. The number of aldehydes is 1. The first-order valence-corrected chi connectivity index (χ1v) is 5.63. The Labute approximate surface area is 121 Å². The Balaban J connectivity index is 0.00000361. The predicted octanol–water partition coefficient (Wildman–Crippen LogP) is 2.46. The molecule has 1 N–H and O–H groups in total. The molecule has 8 heteroatoms. The first-order valence-electron chi connectivity index (χ1n) is 5.63. The standard InChI is InChI=1S/C12H13NO6.ClH/c14-8-9-4-3-5-10(12(9)13(17)18)19-7-2-1-6-11(15)16;/h3-5,8H,1-2,6-7H2,(H,15,16);1H. The molecule has 0 atom stereocenters. The highest BCUT2D eigenvalue weighted by atomic mass is 35.5. The third kappa shape index (κ3) is 5.23. The summed E-state index contributed by atoms with van der Waals surface area (Å²) in [5.74, 6) is -0.876. The Morgan fingerprint density at radius 2 is 2.10 bits per heavy atom. The van der Waals surface area contributed by atoms with E-state index in [0.29, 0.717) is 19.1 Å². The smallest absolute Gasteiger partial charge is 0.321 e. The summed E-state index contributed by atoms with van der Waals surface area (Å²) < 4.78 is 5.23. The summed E-state index contributed by atoms with van der Waals surface area (Å²) in [7, 11) is 0. The van der Waals surface area contributed by atoms with E-state index in [1.165, 1.54) is 18.2 Å². The Morgan fingerprint density at radius 1 is 1.40 bits per heavy atom. The van der Waals surface area contributed by atoms with Crippen molar-refractivity contribution < 1.29 is 24.4 Å². The molecule has 0 heterocycles. The SMILES string of the molecule is Cl.O=Cc1cccc(OCCCCC(=O)O)c1[N+](=O)[O-]. The lowest BCUT2D eigenvalue weighted by Gasteiger charge is -2.07. The molecule has 1 rings (SSSR count).